The van der Waals surface area contributed by atoms with E-state index in [2.05, 4.69) is 5.32 Å². The van der Waals surface area contributed by atoms with E-state index < -0.39 is 38.6 Å². The monoisotopic (exact) mass is 512 g/mol. The van der Waals surface area contributed by atoms with Crippen molar-refractivity contribution in [3.8, 4) is 0 Å². The van der Waals surface area contributed by atoms with Gasteiger partial charge in [0.25, 0.3) is 5.91 Å². The van der Waals surface area contributed by atoms with Gasteiger partial charge in [0.2, 0.25) is 10.0 Å². The first-order valence-corrected chi connectivity index (χ1v) is 12.0. The fraction of sp³-hybridized carbons (Fsp3) is 0.316. The molecular weight excluding hydrogens is 497 g/mol. The number of halogens is 5. The minimum absolute atomic E-state index is 0.0297. The lowest BCUT2D eigenvalue weighted by molar-refractivity contribution is 0.0875. The van der Waals surface area contributed by atoms with Crippen LogP contribution in [0.4, 0.5) is 20.2 Å². The molecule has 2 aromatic carbocycles. The van der Waals surface area contributed by atoms with Crippen LogP contribution in [0.25, 0.3) is 0 Å². The summed E-state index contributed by atoms with van der Waals surface area (Å²) in [5, 5.41) is 1.58. The molecule has 1 N–H and O–H groups in total. The van der Waals surface area contributed by atoms with Crippen LogP contribution in [0, 0.1) is 11.6 Å². The summed E-state index contributed by atoms with van der Waals surface area (Å²) >= 11 is 17.9. The van der Waals surface area contributed by atoms with E-state index in [4.69, 9.17) is 39.5 Å². The molecule has 31 heavy (non-hydrogen) atoms. The number of ether oxygens (including phenoxy) is 1. The van der Waals surface area contributed by atoms with E-state index in [9.17, 15) is 22.0 Å². The molecular formula is C19H17Cl3F2N2O4S. The van der Waals surface area contributed by atoms with Gasteiger partial charge < -0.3 is 10.1 Å². The molecule has 0 bridgehead atoms. The highest BCUT2D eigenvalue weighted by Crippen LogP contribution is 2.36. The Labute approximate surface area is 193 Å². The fourth-order valence-electron chi connectivity index (χ4n) is 3.27. The SMILES string of the molecule is CS(=O)(=O)N(c1cc(C(=O)Nc2cc(F)c(Cl)c(F)c2)c(Cl)cc1Cl)C1CCOCC1. The van der Waals surface area contributed by atoms with Gasteiger partial charge in [-0.2, -0.15) is 0 Å². The van der Waals surface area contributed by atoms with Crippen LogP contribution >= 0.6 is 34.8 Å². The third-order valence-corrected chi connectivity index (χ3v) is 6.83. The summed E-state index contributed by atoms with van der Waals surface area (Å²) < 4.78 is 58.9. The number of nitrogens with one attached hydrogen (secondary N) is 1. The minimum atomic E-state index is -3.77. The summed E-state index contributed by atoms with van der Waals surface area (Å²) in [6.07, 6.45) is 1.92. The van der Waals surface area contributed by atoms with E-state index in [1.54, 1.807) is 0 Å². The van der Waals surface area contributed by atoms with Gasteiger partial charge in [-0.15, -0.1) is 0 Å². The van der Waals surface area contributed by atoms with Crippen LogP contribution in [-0.4, -0.2) is 39.8 Å². The largest absolute Gasteiger partial charge is 0.381 e. The van der Waals surface area contributed by atoms with Crippen molar-refractivity contribution in [2.75, 3.05) is 29.1 Å². The van der Waals surface area contributed by atoms with E-state index in [0.29, 0.717) is 26.1 Å². The lowest BCUT2D eigenvalue weighted by Crippen LogP contribution is -2.43. The lowest BCUT2D eigenvalue weighted by atomic mass is 10.1. The van der Waals surface area contributed by atoms with Crippen LogP contribution in [0.3, 0.4) is 0 Å². The van der Waals surface area contributed by atoms with Crippen molar-refractivity contribution in [2.24, 2.45) is 0 Å². The molecule has 0 spiro atoms. The highest BCUT2D eigenvalue weighted by Gasteiger charge is 2.31. The Hall–Kier alpha value is -1.65. The van der Waals surface area contributed by atoms with Gasteiger partial charge in [0.15, 0.2) is 0 Å². The first-order chi connectivity index (χ1) is 14.5. The van der Waals surface area contributed by atoms with E-state index in [1.807, 2.05) is 0 Å². The molecule has 1 aliphatic rings. The number of amides is 1. The van der Waals surface area contributed by atoms with Crippen LogP contribution in [-0.2, 0) is 14.8 Å². The van der Waals surface area contributed by atoms with E-state index in [-0.39, 0.29) is 27.0 Å². The van der Waals surface area contributed by atoms with Crippen molar-refractivity contribution < 1.29 is 26.7 Å². The molecule has 1 heterocycles. The van der Waals surface area contributed by atoms with Crippen LogP contribution in [0.5, 0.6) is 0 Å². The smallest absolute Gasteiger partial charge is 0.257 e. The summed E-state index contributed by atoms with van der Waals surface area (Å²) in [7, 11) is -3.77. The van der Waals surface area contributed by atoms with Crippen LogP contribution in [0.1, 0.15) is 23.2 Å². The van der Waals surface area contributed by atoms with E-state index in [1.165, 1.54) is 12.1 Å². The van der Waals surface area contributed by atoms with Crippen molar-refractivity contribution in [1.29, 1.82) is 0 Å². The molecule has 2 aromatic rings. The zero-order chi connectivity index (χ0) is 22.9. The second-order valence-corrected chi connectivity index (χ2v) is 9.95. The average Bonchev–Trinajstić information content (AvgIpc) is 2.67. The van der Waals surface area contributed by atoms with Gasteiger partial charge in [0.05, 0.1) is 27.6 Å². The first kappa shape index (κ1) is 24.0. The molecule has 0 atom stereocenters. The number of benzene rings is 2. The summed E-state index contributed by atoms with van der Waals surface area (Å²) in [5.41, 5.74) is -0.252. The number of hydrogen-bond acceptors (Lipinski definition) is 4. The van der Waals surface area contributed by atoms with Crippen molar-refractivity contribution in [1.82, 2.24) is 0 Å². The Morgan fingerprint density at radius 1 is 1.06 bits per heavy atom. The Morgan fingerprint density at radius 3 is 2.19 bits per heavy atom. The van der Waals surface area contributed by atoms with Gasteiger partial charge in [0, 0.05) is 24.9 Å². The summed E-state index contributed by atoms with van der Waals surface area (Å²) in [4.78, 5) is 12.8. The van der Waals surface area contributed by atoms with Crippen molar-refractivity contribution in [3.63, 3.8) is 0 Å². The maximum atomic E-state index is 13.7. The molecule has 0 unspecified atom stereocenters. The maximum Gasteiger partial charge on any atom is 0.257 e. The van der Waals surface area contributed by atoms with Gasteiger partial charge >= 0.3 is 0 Å². The fourth-order valence-corrected chi connectivity index (χ4v) is 5.25. The summed E-state index contributed by atoms with van der Waals surface area (Å²) in [6.45, 7) is 0.756. The molecule has 3 rings (SSSR count). The number of carbonyl (C=O) groups excluding carboxylic acids is 1. The zero-order valence-electron chi connectivity index (χ0n) is 16.1. The quantitative estimate of drug-likeness (QED) is 0.563. The molecule has 1 saturated heterocycles. The van der Waals surface area contributed by atoms with Gasteiger partial charge in [-0.3, -0.25) is 9.10 Å². The molecule has 0 radical (unpaired) electrons. The molecule has 6 nitrogen and oxygen atoms in total. The molecule has 1 aliphatic heterocycles. The number of carbonyl (C=O) groups is 1. The van der Waals surface area contributed by atoms with E-state index in [0.717, 1.165) is 22.7 Å². The molecule has 1 amide bonds. The van der Waals surface area contributed by atoms with E-state index >= 15 is 0 Å². The second kappa shape index (κ2) is 9.46. The predicted octanol–water partition coefficient (Wildman–Crippen LogP) is 5.12. The number of anilines is 2. The summed E-state index contributed by atoms with van der Waals surface area (Å²) in [6, 6.07) is 3.75. The molecule has 1 fully saturated rings. The molecule has 12 heteroatoms. The van der Waals surface area contributed by atoms with Crippen LogP contribution in [0.2, 0.25) is 15.1 Å². The molecule has 0 aliphatic carbocycles. The first-order valence-electron chi connectivity index (χ1n) is 9.01. The molecule has 0 saturated carbocycles. The number of hydrogen-bond donors (Lipinski definition) is 1. The maximum absolute atomic E-state index is 13.7. The number of rotatable bonds is 5. The third kappa shape index (κ3) is 5.40. The normalized spacial score (nSPS) is 15.0. The third-order valence-electron chi connectivity index (χ3n) is 4.64. The van der Waals surface area contributed by atoms with Gasteiger partial charge in [-0.05, 0) is 37.1 Å². The van der Waals surface area contributed by atoms with Crippen molar-refractivity contribution in [2.45, 2.75) is 18.9 Å². The molecule has 168 valence electrons. The van der Waals surface area contributed by atoms with Crippen LogP contribution < -0.4 is 9.62 Å². The highest BCUT2D eigenvalue weighted by molar-refractivity contribution is 7.92. The minimum Gasteiger partial charge on any atom is -0.381 e. The Kier molecular flexibility index (Phi) is 7.32. The predicted molar refractivity (Wildman–Crippen MR) is 117 cm³/mol. The van der Waals surface area contributed by atoms with Crippen LogP contribution in [0.15, 0.2) is 24.3 Å². The zero-order valence-corrected chi connectivity index (χ0v) is 19.2. The van der Waals surface area contributed by atoms with Gasteiger partial charge in [-0.1, -0.05) is 34.8 Å². The standard InChI is InChI=1S/C19H17Cl3F2N2O4S/c1-31(28,29)26(11-2-4-30-5-3-11)17-8-12(13(20)9-14(17)21)19(27)25-10-6-15(23)18(22)16(24)7-10/h6-9,11H,2-5H2,1H3,(H,25,27). The number of sulfonamides is 1. The Balaban J connectivity index is 2.00. The van der Waals surface area contributed by atoms with Crippen molar-refractivity contribution in [3.05, 3.63) is 56.5 Å². The Morgan fingerprint density at radius 2 is 1.65 bits per heavy atom. The topological polar surface area (TPSA) is 75.7 Å². The van der Waals surface area contributed by atoms with Crippen molar-refractivity contribution >= 4 is 62.1 Å². The summed E-state index contributed by atoms with van der Waals surface area (Å²) in [5.74, 6) is -2.92. The Bertz CT molecular complexity index is 1100. The lowest BCUT2D eigenvalue weighted by Gasteiger charge is -2.34. The number of nitrogens with zero attached hydrogens (tertiary/aromatic N) is 1. The average molecular weight is 514 g/mol. The second-order valence-electron chi connectivity index (χ2n) is 6.89. The molecule has 0 aromatic heterocycles. The van der Waals surface area contributed by atoms with Gasteiger partial charge in [-0.25, -0.2) is 17.2 Å². The van der Waals surface area contributed by atoms with Gasteiger partial charge in [0.1, 0.15) is 16.7 Å². The highest BCUT2D eigenvalue weighted by atomic mass is 35.5.